The largest absolute Gasteiger partial charge is 0.385 e. The number of aryl methyl sites for hydroxylation is 1. The summed E-state index contributed by atoms with van der Waals surface area (Å²) in [5, 5.41) is 3.21. The molecular formula is C22H25N3O4. The van der Waals surface area contributed by atoms with E-state index in [-0.39, 0.29) is 24.6 Å². The van der Waals surface area contributed by atoms with Crippen LogP contribution >= 0.6 is 0 Å². The van der Waals surface area contributed by atoms with Gasteiger partial charge < -0.3 is 10.1 Å². The smallest absolute Gasteiger partial charge is 0.331 e. The van der Waals surface area contributed by atoms with Crippen molar-refractivity contribution in [3.63, 3.8) is 0 Å². The molecule has 1 aromatic heterocycles. The number of nitrogens with one attached hydrogen (secondary N) is 1. The molecule has 0 spiro atoms. The van der Waals surface area contributed by atoms with E-state index in [0.717, 1.165) is 5.56 Å². The molecule has 152 valence electrons. The van der Waals surface area contributed by atoms with E-state index in [1.807, 2.05) is 30.3 Å². The zero-order chi connectivity index (χ0) is 20.6. The van der Waals surface area contributed by atoms with E-state index in [1.165, 1.54) is 9.13 Å². The average molecular weight is 395 g/mol. The third-order valence-corrected chi connectivity index (χ3v) is 4.75. The molecule has 0 unspecified atom stereocenters. The second kappa shape index (κ2) is 9.84. The summed E-state index contributed by atoms with van der Waals surface area (Å²) < 4.78 is 7.55. The van der Waals surface area contributed by atoms with Gasteiger partial charge in [-0.25, -0.2) is 4.79 Å². The van der Waals surface area contributed by atoms with Crippen LogP contribution in [0.4, 0.5) is 0 Å². The Labute approximate surface area is 168 Å². The van der Waals surface area contributed by atoms with E-state index in [2.05, 4.69) is 5.32 Å². The molecular weight excluding hydrogens is 370 g/mol. The molecule has 0 radical (unpaired) electrons. The summed E-state index contributed by atoms with van der Waals surface area (Å²) in [6, 6.07) is 16.6. The van der Waals surface area contributed by atoms with Crippen LogP contribution in [0.1, 0.15) is 12.0 Å². The van der Waals surface area contributed by atoms with Gasteiger partial charge in [0.25, 0.3) is 5.56 Å². The Hall–Kier alpha value is -3.19. The highest BCUT2D eigenvalue weighted by molar-refractivity contribution is 5.81. The number of fused-ring (bicyclic) bond motifs is 1. The van der Waals surface area contributed by atoms with Gasteiger partial charge in [0, 0.05) is 26.8 Å². The van der Waals surface area contributed by atoms with Crippen LogP contribution in [-0.4, -0.2) is 35.3 Å². The fourth-order valence-corrected chi connectivity index (χ4v) is 3.25. The number of benzene rings is 2. The molecule has 1 N–H and O–H groups in total. The van der Waals surface area contributed by atoms with Gasteiger partial charge in [0.1, 0.15) is 6.54 Å². The topological polar surface area (TPSA) is 82.3 Å². The molecule has 0 aliphatic rings. The van der Waals surface area contributed by atoms with Crippen LogP contribution in [0.2, 0.25) is 0 Å². The predicted octanol–water partition coefficient (Wildman–Crippen LogP) is 1.56. The number of nitrogens with zero attached hydrogens (tertiary/aromatic N) is 2. The van der Waals surface area contributed by atoms with Crippen LogP contribution in [0, 0.1) is 0 Å². The lowest BCUT2D eigenvalue weighted by Crippen LogP contribution is -2.43. The molecule has 0 bridgehead atoms. The standard InChI is InChI=1S/C22H25N3O4/c1-29-15-7-13-23-20(26)16-25-19-11-6-5-10-18(19)21(27)24(22(25)28)14-12-17-8-3-2-4-9-17/h2-6,8-11H,7,12-16H2,1H3,(H,23,26). The van der Waals surface area contributed by atoms with Gasteiger partial charge in [0.2, 0.25) is 5.91 Å². The molecule has 3 aromatic rings. The zero-order valence-electron chi connectivity index (χ0n) is 16.5. The number of amides is 1. The van der Waals surface area contributed by atoms with Crippen molar-refractivity contribution in [1.29, 1.82) is 0 Å². The number of ether oxygens (including phenoxy) is 1. The fraction of sp³-hybridized carbons (Fsp3) is 0.318. The maximum Gasteiger partial charge on any atom is 0.331 e. The lowest BCUT2D eigenvalue weighted by atomic mass is 10.1. The number of aromatic nitrogens is 2. The summed E-state index contributed by atoms with van der Waals surface area (Å²) in [5.41, 5.74) is 0.690. The quantitative estimate of drug-likeness (QED) is 0.558. The molecule has 7 nitrogen and oxygen atoms in total. The maximum atomic E-state index is 13.1. The van der Waals surface area contributed by atoms with E-state index < -0.39 is 5.69 Å². The monoisotopic (exact) mass is 395 g/mol. The molecule has 0 saturated carbocycles. The van der Waals surface area contributed by atoms with Crippen LogP contribution in [0.15, 0.2) is 64.2 Å². The van der Waals surface area contributed by atoms with E-state index in [0.29, 0.717) is 36.9 Å². The van der Waals surface area contributed by atoms with Crippen molar-refractivity contribution in [2.24, 2.45) is 0 Å². The van der Waals surface area contributed by atoms with Crippen LogP contribution in [-0.2, 0) is 29.0 Å². The highest BCUT2D eigenvalue weighted by Crippen LogP contribution is 2.08. The van der Waals surface area contributed by atoms with E-state index in [9.17, 15) is 14.4 Å². The Morgan fingerprint density at radius 2 is 1.72 bits per heavy atom. The highest BCUT2D eigenvalue weighted by Gasteiger charge is 2.15. The van der Waals surface area contributed by atoms with Gasteiger partial charge in [-0.15, -0.1) is 0 Å². The van der Waals surface area contributed by atoms with Gasteiger partial charge in [-0.3, -0.25) is 18.7 Å². The minimum Gasteiger partial charge on any atom is -0.385 e. The average Bonchev–Trinajstić information content (AvgIpc) is 2.75. The first kappa shape index (κ1) is 20.5. The first-order valence-electron chi connectivity index (χ1n) is 9.63. The fourth-order valence-electron chi connectivity index (χ4n) is 3.25. The number of hydrogen-bond acceptors (Lipinski definition) is 4. The zero-order valence-corrected chi connectivity index (χ0v) is 16.5. The second-order valence-corrected chi connectivity index (χ2v) is 6.77. The Bertz CT molecular complexity index is 1090. The van der Waals surface area contributed by atoms with Crippen LogP contribution in [0.3, 0.4) is 0 Å². The molecule has 2 aromatic carbocycles. The third kappa shape index (κ3) is 5.00. The van der Waals surface area contributed by atoms with Gasteiger partial charge in [0.15, 0.2) is 0 Å². The van der Waals surface area contributed by atoms with Crippen molar-refractivity contribution in [2.75, 3.05) is 20.3 Å². The molecule has 1 amide bonds. The summed E-state index contributed by atoms with van der Waals surface area (Å²) >= 11 is 0. The first-order valence-corrected chi connectivity index (χ1v) is 9.63. The van der Waals surface area contributed by atoms with Crippen molar-refractivity contribution >= 4 is 16.8 Å². The molecule has 0 aliphatic heterocycles. The van der Waals surface area contributed by atoms with Gasteiger partial charge in [-0.1, -0.05) is 42.5 Å². The number of methoxy groups -OCH3 is 1. The Morgan fingerprint density at radius 3 is 2.48 bits per heavy atom. The molecule has 0 aliphatic carbocycles. The maximum absolute atomic E-state index is 13.1. The normalized spacial score (nSPS) is 10.9. The van der Waals surface area contributed by atoms with Gasteiger partial charge >= 0.3 is 5.69 Å². The minimum atomic E-state index is -0.475. The van der Waals surface area contributed by atoms with Crippen LogP contribution in [0.25, 0.3) is 10.9 Å². The minimum absolute atomic E-state index is 0.141. The number of carbonyl (C=O) groups is 1. The van der Waals surface area contributed by atoms with Crippen molar-refractivity contribution in [2.45, 2.75) is 25.9 Å². The van der Waals surface area contributed by atoms with Crippen LogP contribution < -0.4 is 16.6 Å². The molecule has 7 heteroatoms. The molecule has 1 heterocycles. The summed E-state index contributed by atoms with van der Waals surface area (Å²) in [7, 11) is 1.60. The molecule has 0 fully saturated rings. The van der Waals surface area contributed by atoms with E-state index >= 15 is 0 Å². The number of hydrogen-bond donors (Lipinski definition) is 1. The lowest BCUT2D eigenvalue weighted by molar-refractivity contribution is -0.121. The Kier molecular flexibility index (Phi) is 6.97. The second-order valence-electron chi connectivity index (χ2n) is 6.77. The van der Waals surface area contributed by atoms with Gasteiger partial charge in [-0.2, -0.15) is 0 Å². The number of rotatable bonds is 9. The summed E-state index contributed by atoms with van der Waals surface area (Å²) in [4.78, 5) is 38.3. The predicted molar refractivity (Wildman–Crippen MR) is 112 cm³/mol. The van der Waals surface area contributed by atoms with Gasteiger partial charge in [-0.05, 0) is 30.5 Å². The Morgan fingerprint density at radius 1 is 1.00 bits per heavy atom. The van der Waals surface area contributed by atoms with Crippen LogP contribution in [0.5, 0.6) is 0 Å². The van der Waals surface area contributed by atoms with Crippen molar-refractivity contribution in [3.8, 4) is 0 Å². The van der Waals surface area contributed by atoms with Crippen molar-refractivity contribution < 1.29 is 9.53 Å². The van der Waals surface area contributed by atoms with Gasteiger partial charge in [0.05, 0.1) is 10.9 Å². The SMILES string of the molecule is COCCCNC(=O)Cn1c(=O)n(CCc2ccccc2)c(=O)c2ccccc21. The number of carbonyl (C=O) groups excluding carboxylic acids is 1. The number of para-hydroxylation sites is 1. The molecule has 3 rings (SSSR count). The van der Waals surface area contributed by atoms with E-state index in [4.69, 9.17) is 4.74 Å². The van der Waals surface area contributed by atoms with E-state index in [1.54, 1.807) is 31.4 Å². The first-order chi connectivity index (χ1) is 14.1. The Balaban J connectivity index is 1.90. The van der Waals surface area contributed by atoms with Crippen molar-refractivity contribution in [3.05, 3.63) is 81.0 Å². The highest BCUT2D eigenvalue weighted by atomic mass is 16.5. The third-order valence-electron chi connectivity index (χ3n) is 4.75. The van der Waals surface area contributed by atoms with Crippen molar-refractivity contribution in [1.82, 2.24) is 14.5 Å². The lowest BCUT2D eigenvalue weighted by Gasteiger charge is -2.14. The molecule has 0 atom stereocenters. The summed E-state index contributed by atoms with van der Waals surface area (Å²) in [5.74, 6) is -0.276. The summed E-state index contributed by atoms with van der Waals surface area (Å²) in [6.45, 7) is 1.13. The summed E-state index contributed by atoms with van der Waals surface area (Å²) in [6.07, 6.45) is 1.24. The molecule has 29 heavy (non-hydrogen) atoms. The molecule has 0 saturated heterocycles.